The lowest BCUT2D eigenvalue weighted by Gasteiger charge is -2.20. The summed E-state index contributed by atoms with van der Waals surface area (Å²) < 4.78 is 0. The molecule has 0 saturated carbocycles. The standard InChI is InChI=1S/C13H22O2/c1-2-3-4-6-11-7-5-8-12(9-11)10-13(14)15/h9,11H,2-8,10H2,1H3,(H,14,15). The molecule has 1 rings (SSSR count). The highest BCUT2D eigenvalue weighted by Crippen LogP contribution is 2.28. The van der Waals surface area contributed by atoms with Crippen LogP contribution in [0.3, 0.4) is 0 Å². The van der Waals surface area contributed by atoms with Crippen molar-refractivity contribution in [3.8, 4) is 0 Å². The third-order valence-corrected chi connectivity index (χ3v) is 3.10. The van der Waals surface area contributed by atoms with E-state index in [1.54, 1.807) is 0 Å². The number of hydrogen-bond donors (Lipinski definition) is 1. The Hall–Kier alpha value is -0.790. The molecule has 15 heavy (non-hydrogen) atoms. The van der Waals surface area contributed by atoms with Crippen LogP contribution in [0.4, 0.5) is 0 Å². The van der Waals surface area contributed by atoms with Crippen LogP contribution in [-0.4, -0.2) is 11.1 Å². The van der Waals surface area contributed by atoms with Crippen molar-refractivity contribution in [2.75, 3.05) is 0 Å². The van der Waals surface area contributed by atoms with Gasteiger partial charge in [0.25, 0.3) is 0 Å². The van der Waals surface area contributed by atoms with E-state index in [1.807, 2.05) is 0 Å². The second kappa shape index (κ2) is 6.65. The van der Waals surface area contributed by atoms with Gasteiger partial charge in [0, 0.05) is 0 Å². The molecule has 2 nitrogen and oxygen atoms in total. The van der Waals surface area contributed by atoms with Gasteiger partial charge in [0.15, 0.2) is 0 Å². The van der Waals surface area contributed by atoms with Gasteiger partial charge in [-0.3, -0.25) is 4.79 Å². The number of carboxylic acid groups (broad SMARTS) is 1. The first-order valence-corrected chi connectivity index (χ1v) is 6.13. The molecule has 0 heterocycles. The largest absolute Gasteiger partial charge is 0.481 e. The van der Waals surface area contributed by atoms with Gasteiger partial charge in [0.05, 0.1) is 6.42 Å². The fourth-order valence-corrected chi connectivity index (χ4v) is 2.32. The Morgan fingerprint density at radius 1 is 1.53 bits per heavy atom. The van der Waals surface area contributed by atoms with E-state index in [2.05, 4.69) is 13.0 Å². The van der Waals surface area contributed by atoms with Crippen molar-refractivity contribution in [2.45, 2.75) is 58.3 Å². The number of aliphatic carboxylic acids is 1. The molecule has 1 aliphatic carbocycles. The molecule has 0 bridgehead atoms. The van der Waals surface area contributed by atoms with Crippen molar-refractivity contribution in [1.29, 1.82) is 0 Å². The average Bonchev–Trinajstić information content (AvgIpc) is 2.18. The summed E-state index contributed by atoms with van der Waals surface area (Å²) in [5.74, 6) is -0.0323. The Morgan fingerprint density at radius 2 is 2.33 bits per heavy atom. The predicted octanol–water partition coefficient (Wildman–Crippen LogP) is 3.77. The zero-order valence-corrected chi connectivity index (χ0v) is 9.67. The third-order valence-electron chi connectivity index (χ3n) is 3.10. The summed E-state index contributed by atoms with van der Waals surface area (Å²) in [6.45, 7) is 2.21. The van der Waals surface area contributed by atoms with E-state index < -0.39 is 5.97 Å². The minimum absolute atomic E-state index is 0.254. The molecule has 1 N–H and O–H groups in total. The zero-order valence-electron chi connectivity index (χ0n) is 9.67. The maximum Gasteiger partial charge on any atom is 0.307 e. The van der Waals surface area contributed by atoms with Gasteiger partial charge in [0.1, 0.15) is 0 Å². The highest BCUT2D eigenvalue weighted by molar-refractivity contribution is 5.70. The fourth-order valence-electron chi connectivity index (χ4n) is 2.32. The van der Waals surface area contributed by atoms with Crippen molar-refractivity contribution in [3.05, 3.63) is 11.6 Å². The monoisotopic (exact) mass is 210 g/mol. The molecule has 0 spiro atoms. The molecule has 1 unspecified atom stereocenters. The van der Waals surface area contributed by atoms with E-state index >= 15 is 0 Å². The van der Waals surface area contributed by atoms with Crippen molar-refractivity contribution in [1.82, 2.24) is 0 Å². The van der Waals surface area contributed by atoms with Gasteiger partial charge in [-0.2, -0.15) is 0 Å². The molecule has 1 atom stereocenters. The molecule has 0 aromatic heterocycles. The summed E-state index contributed by atoms with van der Waals surface area (Å²) in [6, 6.07) is 0. The van der Waals surface area contributed by atoms with Gasteiger partial charge in [-0.1, -0.05) is 37.8 Å². The molecule has 0 aromatic carbocycles. The van der Waals surface area contributed by atoms with Crippen LogP contribution in [0, 0.1) is 5.92 Å². The Labute approximate surface area is 92.4 Å². The van der Waals surface area contributed by atoms with Gasteiger partial charge in [-0.15, -0.1) is 0 Å². The molecule has 0 amide bonds. The van der Waals surface area contributed by atoms with Crippen molar-refractivity contribution >= 4 is 5.97 Å². The number of rotatable bonds is 6. The summed E-state index contributed by atoms with van der Waals surface area (Å²) in [5.41, 5.74) is 1.15. The predicted molar refractivity (Wildman–Crippen MR) is 61.8 cm³/mol. The van der Waals surface area contributed by atoms with E-state index in [4.69, 9.17) is 5.11 Å². The third kappa shape index (κ3) is 5.01. The lowest BCUT2D eigenvalue weighted by Crippen LogP contribution is -2.07. The highest BCUT2D eigenvalue weighted by Gasteiger charge is 2.14. The van der Waals surface area contributed by atoms with Gasteiger partial charge < -0.3 is 5.11 Å². The highest BCUT2D eigenvalue weighted by atomic mass is 16.4. The van der Waals surface area contributed by atoms with Gasteiger partial charge in [-0.05, 0) is 31.6 Å². The maximum atomic E-state index is 10.6. The van der Waals surface area contributed by atoms with Crippen LogP contribution in [-0.2, 0) is 4.79 Å². The summed E-state index contributed by atoms with van der Waals surface area (Å²) in [5, 5.41) is 8.73. The van der Waals surface area contributed by atoms with Crippen molar-refractivity contribution in [2.24, 2.45) is 5.92 Å². The number of carbonyl (C=O) groups is 1. The molecule has 0 saturated heterocycles. The average molecular weight is 210 g/mol. The lowest BCUT2D eigenvalue weighted by molar-refractivity contribution is -0.136. The first kappa shape index (κ1) is 12.3. The summed E-state index contributed by atoms with van der Waals surface area (Å²) in [6.07, 6.45) is 11.0. The first-order valence-electron chi connectivity index (χ1n) is 6.13. The molecule has 1 aliphatic rings. The summed E-state index contributed by atoms with van der Waals surface area (Å²) >= 11 is 0. The summed E-state index contributed by atoms with van der Waals surface area (Å²) in [7, 11) is 0. The Morgan fingerprint density at radius 3 is 3.00 bits per heavy atom. The molecular weight excluding hydrogens is 188 g/mol. The molecule has 2 heteroatoms. The molecule has 86 valence electrons. The van der Waals surface area contributed by atoms with E-state index in [-0.39, 0.29) is 6.42 Å². The Kier molecular flexibility index (Phi) is 5.44. The van der Waals surface area contributed by atoms with Crippen LogP contribution < -0.4 is 0 Å². The number of hydrogen-bond acceptors (Lipinski definition) is 1. The topological polar surface area (TPSA) is 37.3 Å². The Balaban J connectivity index is 2.35. The van der Waals surface area contributed by atoms with Gasteiger partial charge in [-0.25, -0.2) is 0 Å². The molecule has 0 fully saturated rings. The first-order chi connectivity index (χ1) is 7.22. The number of unbranched alkanes of at least 4 members (excludes halogenated alkanes) is 2. The van der Waals surface area contributed by atoms with E-state index in [0.717, 1.165) is 12.0 Å². The van der Waals surface area contributed by atoms with E-state index in [9.17, 15) is 4.79 Å². The summed E-state index contributed by atoms with van der Waals surface area (Å²) in [4.78, 5) is 10.6. The van der Waals surface area contributed by atoms with Crippen LogP contribution in [0.2, 0.25) is 0 Å². The molecule has 0 aromatic rings. The van der Waals surface area contributed by atoms with Gasteiger partial charge in [0.2, 0.25) is 0 Å². The Bertz CT molecular complexity index is 231. The smallest absolute Gasteiger partial charge is 0.307 e. The van der Waals surface area contributed by atoms with E-state index in [1.165, 1.54) is 38.5 Å². The minimum atomic E-state index is -0.685. The maximum absolute atomic E-state index is 10.6. The van der Waals surface area contributed by atoms with Crippen LogP contribution in [0.25, 0.3) is 0 Å². The lowest BCUT2D eigenvalue weighted by atomic mass is 9.86. The normalized spacial score (nSPS) is 21.1. The minimum Gasteiger partial charge on any atom is -0.481 e. The van der Waals surface area contributed by atoms with Crippen LogP contribution in [0.5, 0.6) is 0 Å². The second-order valence-corrected chi connectivity index (χ2v) is 4.54. The number of carboxylic acids is 1. The fraction of sp³-hybridized carbons (Fsp3) is 0.769. The number of allylic oxidation sites excluding steroid dienone is 1. The SMILES string of the molecule is CCCCCC1C=C(CC(=O)O)CCC1. The van der Waals surface area contributed by atoms with Crippen LogP contribution >= 0.6 is 0 Å². The second-order valence-electron chi connectivity index (χ2n) is 4.54. The zero-order chi connectivity index (χ0) is 11.1. The van der Waals surface area contributed by atoms with E-state index in [0.29, 0.717) is 5.92 Å². The quantitative estimate of drug-likeness (QED) is 0.535. The van der Waals surface area contributed by atoms with Gasteiger partial charge >= 0.3 is 5.97 Å². The molecule has 0 aliphatic heterocycles. The molecular formula is C13H22O2. The van der Waals surface area contributed by atoms with Crippen molar-refractivity contribution in [3.63, 3.8) is 0 Å². The van der Waals surface area contributed by atoms with Crippen LogP contribution in [0.15, 0.2) is 11.6 Å². The van der Waals surface area contributed by atoms with Crippen LogP contribution in [0.1, 0.15) is 58.3 Å². The van der Waals surface area contributed by atoms with Crippen molar-refractivity contribution < 1.29 is 9.90 Å². The molecule has 0 radical (unpaired) electrons.